The van der Waals surface area contributed by atoms with Gasteiger partial charge in [0.2, 0.25) is 0 Å². The number of halogens is 1. The van der Waals surface area contributed by atoms with E-state index >= 15 is 0 Å². The largest absolute Gasteiger partial charge is 0.508 e. The lowest BCUT2D eigenvalue weighted by Gasteiger charge is -2.31. The fourth-order valence-corrected chi connectivity index (χ4v) is 4.22. The van der Waals surface area contributed by atoms with E-state index in [1.54, 1.807) is 12.1 Å². The molecule has 2 aromatic carbocycles. The minimum absolute atomic E-state index is 0.159. The van der Waals surface area contributed by atoms with Gasteiger partial charge in [-0.25, -0.2) is 0 Å². The zero-order chi connectivity index (χ0) is 18.8. The van der Waals surface area contributed by atoms with Gasteiger partial charge in [-0.05, 0) is 54.3 Å². The number of aromatic nitrogens is 1. The molecule has 4 heteroatoms. The predicted molar refractivity (Wildman–Crippen MR) is 110 cm³/mol. The molecule has 3 aromatic rings. The van der Waals surface area contributed by atoms with Crippen LogP contribution in [0.25, 0.3) is 0 Å². The Morgan fingerprint density at radius 3 is 2.67 bits per heavy atom. The number of hydrogen-bond donors (Lipinski definition) is 1. The van der Waals surface area contributed by atoms with Crippen LogP contribution in [-0.4, -0.2) is 21.1 Å². The van der Waals surface area contributed by atoms with Crippen molar-refractivity contribution in [2.24, 2.45) is 0 Å². The van der Waals surface area contributed by atoms with E-state index < -0.39 is 0 Å². The van der Waals surface area contributed by atoms with Crippen LogP contribution < -0.4 is 0 Å². The number of rotatable bonds is 4. The number of hydrogen-bond acceptors (Lipinski definition) is 2. The quantitative estimate of drug-likeness (QED) is 0.656. The topological polar surface area (TPSA) is 28.4 Å². The maximum absolute atomic E-state index is 10.3. The van der Waals surface area contributed by atoms with E-state index in [1.165, 1.54) is 16.8 Å². The summed E-state index contributed by atoms with van der Waals surface area (Å²) in [6, 6.07) is 18.7. The third-order valence-electron chi connectivity index (χ3n) is 5.47. The van der Waals surface area contributed by atoms with Gasteiger partial charge in [0.05, 0.1) is 6.04 Å². The number of nitrogens with zero attached hydrogens (tertiary/aromatic N) is 2. The van der Waals surface area contributed by atoms with Crippen LogP contribution in [-0.2, 0) is 19.5 Å². The summed E-state index contributed by atoms with van der Waals surface area (Å²) in [6.45, 7) is 4.83. The summed E-state index contributed by atoms with van der Waals surface area (Å²) in [7, 11) is 0. The van der Waals surface area contributed by atoms with Crippen molar-refractivity contribution in [3.05, 3.63) is 88.2 Å². The summed E-state index contributed by atoms with van der Waals surface area (Å²) < 4.78 is 2.36. The monoisotopic (exact) mass is 380 g/mol. The van der Waals surface area contributed by atoms with Crippen LogP contribution in [0.2, 0.25) is 5.02 Å². The molecule has 0 spiro atoms. The van der Waals surface area contributed by atoms with E-state index in [-0.39, 0.29) is 6.04 Å². The van der Waals surface area contributed by atoms with Crippen molar-refractivity contribution in [1.82, 2.24) is 9.47 Å². The first-order valence-corrected chi connectivity index (χ1v) is 9.99. The third-order valence-corrected chi connectivity index (χ3v) is 5.71. The minimum atomic E-state index is 0.159. The average Bonchev–Trinajstić information content (AvgIpc) is 3.06. The molecule has 1 unspecified atom stereocenters. The molecule has 4 rings (SSSR count). The summed E-state index contributed by atoms with van der Waals surface area (Å²) in [5.74, 6) is 0.305. The highest BCUT2D eigenvalue weighted by molar-refractivity contribution is 6.30. The lowest BCUT2D eigenvalue weighted by atomic mass is 9.99. The number of aryl methyl sites for hydroxylation is 2. The highest BCUT2D eigenvalue weighted by atomic mass is 35.5. The molecule has 140 valence electrons. The summed E-state index contributed by atoms with van der Waals surface area (Å²) in [6.07, 6.45) is 4.29. The summed E-state index contributed by atoms with van der Waals surface area (Å²) >= 11 is 6.18. The number of fused-ring (bicyclic) bond motifs is 1. The molecule has 0 saturated carbocycles. The SMILES string of the molecule is CCc1ccc(C2c3cccn3CCCN2Cc2cc(Cl)ccc2O)cc1. The zero-order valence-electron chi connectivity index (χ0n) is 15.6. The van der Waals surface area contributed by atoms with Gasteiger partial charge in [-0.2, -0.15) is 0 Å². The van der Waals surface area contributed by atoms with Gasteiger partial charge in [0.1, 0.15) is 5.75 Å². The third kappa shape index (κ3) is 3.76. The molecule has 1 N–H and O–H groups in total. The first-order chi connectivity index (χ1) is 13.2. The predicted octanol–water partition coefficient (Wildman–Crippen LogP) is 5.40. The molecule has 0 bridgehead atoms. The second-order valence-electron chi connectivity index (χ2n) is 7.22. The molecule has 0 saturated heterocycles. The maximum Gasteiger partial charge on any atom is 0.120 e. The van der Waals surface area contributed by atoms with E-state index in [9.17, 15) is 5.11 Å². The van der Waals surface area contributed by atoms with Crippen molar-refractivity contribution in [3.63, 3.8) is 0 Å². The number of phenols is 1. The molecule has 1 atom stereocenters. The van der Waals surface area contributed by atoms with Crippen molar-refractivity contribution in [1.29, 1.82) is 0 Å². The molecule has 27 heavy (non-hydrogen) atoms. The number of phenolic OH excluding ortho intramolecular Hbond substituents is 1. The lowest BCUT2D eigenvalue weighted by Crippen LogP contribution is -2.29. The second kappa shape index (κ2) is 7.79. The van der Waals surface area contributed by atoms with Gasteiger partial charge in [-0.3, -0.25) is 4.90 Å². The Labute approximate surface area is 165 Å². The Hall–Kier alpha value is -2.23. The van der Waals surface area contributed by atoms with E-state index in [0.29, 0.717) is 17.3 Å². The Kier molecular flexibility index (Phi) is 5.24. The van der Waals surface area contributed by atoms with Crippen molar-refractivity contribution in [2.45, 2.75) is 38.9 Å². The van der Waals surface area contributed by atoms with Crippen molar-refractivity contribution in [2.75, 3.05) is 6.54 Å². The molecule has 1 aliphatic heterocycles. The fraction of sp³-hybridized carbons (Fsp3) is 0.304. The van der Waals surface area contributed by atoms with E-state index in [2.05, 4.69) is 59.0 Å². The zero-order valence-corrected chi connectivity index (χ0v) is 16.4. The Bertz CT molecular complexity index is 916. The van der Waals surface area contributed by atoms with Crippen LogP contribution in [0.15, 0.2) is 60.8 Å². The molecule has 1 aliphatic rings. The molecule has 0 fully saturated rings. The van der Waals surface area contributed by atoms with Gasteiger partial charge >= 0.3 is 0 Å². The van der Waals surface area contributed by atoms with Gasteiger partial charge in [0.25, 0.3) is 0 Å². The fourth-order valence-electron chi connectivity index (χ4n) is 4.03. The molecule has 1 aromatic heterocycles. The van der Waals surface area contributed by atoms with Gasteiger partial charge in [-0.15, -0.1) is 0 Å². The van der Waals surface area contributed by atoms with Crippen molar-refractivity contribution >= 4 is 11.6 Å². The highest BCUT2D eigenvalue weighted by Gasteiger charge is 2.28. The molecule has 3 nitrogen and oxygen atoms in total. The standard InChI is InChI=1S/C23H25ClN2O/c1-2-17-6-8-18(9-7-17)23-21-5-3-12-25(21)13-4-14-26(23)16-19-15-20(24)10-11-22(19)27/h3,5-12,15,23,27H,2,4,13-14,16H2,1H3. The van der Waals surface area contributed by atoms with Crippen LogP contribution in [0.3, 0.4) is 0 Å². The first kappa shape index (κ1) is 18.1. The maximum atomic E-state index is 10.3. The van der Waals surface area contributed by atoms with Crippen LogP contribution >= 0.6 is 11.6 Å². The lowest BCUT2D eigenvalue weighted by molar-refractivity contribution is 0.218. The van der Waals surface area contributed by atoms with E-state index in [4.69, 9.17) is 11.6 Å². The normalized spacial score (nSPS) is 17.5. The van der Waals surface area contributed by atoms with Crippen molar-refractivity contribution < 1.29 is 5.11 Å². The molecule has 0 amide bonds. The molecule has 0 aliphatic carbocycles. The van der Waals surface area contributed by atoms with E-state index in [0.717, 1.165) is 31.5 Å². The number of aromatic hydroxyl groups is 1. The van der Waals surface area contributed by atoms with E-state index in [1.807, 2.05) is 6.07 Å². The average molecular weight is 381 g/mol. The number of benzene rings is 2. The van der Waals surface area contributed by atoms with Crippen LogP contribution in [0.5, 0.6) is 5.75 Å². The van der Waals surface area contributed by atoms with Gasteiger partial charge in [-0.1, -0.05) is 42.8 Å². The molecular weight excluding hydrogens is 356 g/mol. The highest BCUT2D eigenvalue weighted by Crippen LogP contribution is 2.34. The van der Waals surface area contributed by atoms with Gasteiger partial charge < -0.3 is 9.67 Å². The Morgan fingerprint density at radius 1 is 1.07 bits per heavy atom. The molecule has 2 heterocycles. The summed E-state index contributed by atoms with van der Waals surface area (Å²) in [5, 5.41) is 11.0. The second-order valence-corrected chi connectivity index (χ2v) is 7.66. The smallest absolute Gasteiger partial charge is 0.120 e. The Morgan fingerprint density at radius 2 is 1.89 bits per heavy atom. The first-order valence-electron chi connectivity index (χ1n) is 9.61. The Balaban J connectivity index is 1.74. The van der Waals surface area contributed by atoms with Crippen molar-refractivity contribution in [3.8, 4) is 5.75 Å². The summed E-state index contributed by atoms with van der Waals surface area (Å²) in [5.41, 5.74) is 4.81. The molecular formula is C23H25ClN2O. The minimum Gasteiger partial charge on any atom is -0.508 e. The van der Waals surface area contributed by atoms with Gasteiger partial charge in [0, 0.05) is 42.1 Å². The van der Waals surface area contributed by atoms with Crippen LogP contribution in [0.1, 0.15) is 41.8 Å². The molecule has 0 radical (unpaired) electrons. The summed E-state index contributed by atoms with van der Waals surface area (Å²) in [4.78, 5) is 2.45. The van der Waals surface area contributed by atoms with Crippen LogP contribution in [0.4, 0.5) is 0 Å². The van der Waals surface area contributed by atoms with Gasteiger partial charge in [0.15, 0.2) is 0 Å². The van der Waals surface area contributed by atoms with Crippen LogP contribution in [0, 0.1) is 0 Å².